The Balaban J connectivity index is 1.75. The van der Waals surface area contributed by atoms with Crippen molar-refractivity contribution >= 4 is 50.7 Å². The minimum Gasteiger partial charge on any atom is -0.494 e. The van der Waals surface area contributed by atoms with E-state index in [0.29, 0.717) is 33.7 Å². The quantitative estimate of drug-likeness (QED) is 0.204. The smallest absolute Gasteiger partial charge is 0.264 e. The second kappa shape index (κ2) is 16.4. The van der Waals surface area contributed by atoms with E-state index in [1.54, 1.807) is 49.4 Å². The van der Waals surface area contributed by atoms with E-state index < -0.39 is 28.5 Å². The Bertz CT molecular complexity index is 1630. The van der Waals surface area contributed by atoms with Crippen molar-refractivity contribution in [2.45, 2.75) is 69.5 Å². The monoisotopic (exact) mass is 705 g/mol. The lowest BCUT2D eigenvalue weighted by Crippen LogP contribution is -2.53. The predicted molar refractivity (Wildman–Crippen MR) is 183 cm³/mol. The van der Waals surface area contributed by atoms with Crippen molar-refractivity contribution in [3.05, 3.63) is 76.3 Å². The molecule has 0 saturated heterocycles. The molecule has 4 rings (SSSR count). The van der Waals surface area contributed by atoms with Crippen LogP contribution in [0.5, 0.6) is 17.2 Å². The molecule has 0 aliphatic heterocycles. The van der Waals surface area contributed by atoms with Gasteiger partial charge in [0, 0.05) is 34.3 Å². The number of nitrogens with zero attached hydrogens (tertiary/aromatic N) is 2. The van der Waals surface area contributed by atoms with Crippen LogP contribution >= 0.6 is 23.2 Å². The van der Waals surface area contributed by atoms with Gasteiger partial charge in [0.1, 0.15) is 18.3 Å². The molecule has 0 aromatic heterocycles. The van der Waals surface area contributed by atoms with E-state index in [2.05, 4.69) is 5.32 Å². The zero-order valence-corrected chi connectivity index (χ0v) is 29.3. The number of halogens is 2. The van der Waals surface area contributed by atoms with Crippen molar-refractivity contribution in [2.75, 3.05) is 31.7 Å². The average Bonchev–Trinajstić information content (AvgIpc) is 3.07. The molecule has 0 heterocycles. The number of ether oxygens (including phenoxy) is 3. The van der Waals surface area contributed by atoms with Crippen molar-refractivity contribution in [3.63, 3.8) is 0 Å². The van der Waals surface area contributed by atoms with E-state index in [9.17, 15) is 18.0 Å². The first-order valence-corrected chi connectivity index (χ1v) is 17.7. The molecule has 0 spiro atoms. The number of carbonyl (C=O) groups excluding carboxylic acids is 2. The molecule has 1 aliphatic carbocycles. The highest BCUT2D eigenvalue weighted by Crippen LogP contribution is 2.33. The second-order valence-corrected chi connectivity index (χ2v) is 13.9. The second-order valence-electron chi connectivity index (χ2n) is 11.2. The molecule has 1 aliphatic rings. The summed E-state index contributed by atoms with van der Waals surface area (Å²) in [6.45, 7) is 3.13. The van der Waals surface area contributed by atoms with Crippen LogP contribution in [0.2, 0.25) is 10.0 Å². The van der Waals surface area contributed by atoms with Crippen LogP contribution in [0, 0.1) is 0 Å². The Hall–Kier alpha value is -3.67. The van der Waals surface area contributed by atoms with Crippen molar-refractivity contribution in [3.8, 4) is 17.2 Å². The van der Waals surface area contributed by atoms with Gasteiger partial charge in [-0.2, -0.15) is 0 Å². The lowest BCUT2D eigenvalue weighted by atomic mass is 9.95. The Kier molecular flexibility index (Phi) is 12.6. The first-order valence-electron chi connectivity index (χ1n) is 15.5. The average molecular weight is 707 g/mol. The van der Waals surface area contributed by atoms with Crippen LogP contribution < -0.4 is 23.8 Å². The maximum absolute atomic E-state index is 14.3. The van der Waals surface area contributed by atoms with Gasteiger partial charge in [-0.05, 0) is 75.2 Å². The summed E-state index contributed by atoms with van der Waals surface area (Å²) in [5.41, 5.74) is 0.656. The third-order valence-electron chi connectivity index (χ3n) is 8.17. The normalized spacial score (nSPS) is 14.2. The van der Waals surface area contributed by atoms with E-state index in [1.807, 2.05) is 6.92 Å². The topological polar surface area (TPSA) is 114 Å². The molecule has 254 valence electrons. The number of amides is 2. The van der Waals surface area contributed by atoms with Crippen LogP contribution in [0.3, 0.4) is 0 Å². The Labute approximate surface area is 286 Å². The van der Waals surface area contributed by atoms with E-state index in [-0.39, 0.29) is 34.8 Å². The molecule has 1 atom stereocenters. The fourth-order valence-corrected chi connectivity index (χ4v) is 7.46. The maximum atomic E-state index is 14.3. The van der Waals surface area contributed by atoms with Gasteiger partial charge in [-0.15, -0.1) is 0 Å². The Morgan fingerprint density at radius 2 is 1.57 bits per heavy atom. The van der Waals surface area contributed by atoms with Crippen LogP contribution in [-0.2, 0) is 26.2 Å². The van der Waals surface area contributed by atoms with E-state index in [1.165, 1.54) is 37.3 Å². The van der Waals surface area contributed by atoms with Gasteiger partial charge < -0.3 is 24.4 Å². The van der Waals surface area contributed by atoms with Crippen LogP contribution in [0.15, 0.2) is 65.6 Å². The van der Waals surface area contributed by atoms with E-state index in [0.717, 1.165) is 36.4 Å². The summed E-state index contributed by atoms with van der Waals surface area (Å²) < 4.78 is 45.8. The minimum absolute atomic E-state index is 0.00494. The highest BCUT2D eigenvalue weighted by atomic mass is 35.5. The third kappa shape index (κ3) is 8.82. The predicted octanol–water partition coefficient (Wildman–Crippen LogP) is 6.47. The summed E-state index contributed by atoms with van der Waals surface area (Å²) in [7, 11) is -1.52. The lowest BCUT2D eigenvalue weighted by molar-refractivity contribution is -0.139. The molecule has 2 amide bonds. The maximum Gasteiger partial charge on any atom is 0.264 e. The molecule has 3 aromatic carbocycles. The molecule has 1 saturated carbocycles. The summed E-state index contributed by atoms with van der Waals surface area (Å²) in [5, 5.41) is 3.71. The van der Waals surface area contributed by atoms with Gasteiger partial charge in [-0.1, -0.05) is 48.5 Å². The van der Waals surface area contributed by atoms with Crippen molar-refractivity contribution in [1.29, 1.82) is 0 Å². The van der Waals surface area contributed by atoms with Crippen molar-refractivity contribution in [2.24, 2.45) is 0 Å². The summed E-state index contributed by atoms with van der Waals surface area (Å²) in [4.78, 5) is 29.1. The molecule has 0 bridgehead atoms. The van der Waals surface area contributed by atoms with Crippen LogP contribution in [0.4, 0.5) is 5.69 Å². The van der Waals surface area contributed by atoms with E-state index >= 15 is 0 Å². The lowest BCUT2D eigenvalue weighted by Gasteiger charge is -2.33. The van der Waals surface area contributed by atoms with Crippen LogP contribution in [0.1, 0.15) is 51.5 Å². The molecule has 10 nitrogen and oxygen atoms in total. The first kappa shape index (κ1) is 36.2. The highest BCUT2D eigenvalue weighted by molar-refractivity contribution is 7.92. The summed E-state index contributed by atoms with van der Waals surface area (Å²) in [5.74, 6) is 0.105. The highest BCUT2D eigenvalue weighted by Gasteiger charge is 2.34. The number of hydrogen-bond donors (Lipinski definition) is 1. The summed E-state index contributed by atoms with van der Waals surface area (Å²) in [6.07, 6.45) is 4.87. The van der Waals surface area contributed by atoms with Gasteiger partial charge in [0.05, 0.1) is 31.4 Å². The van der Waals surface area contributed by atoms with Gasteiger partial charge in [0.15, 0.2) is 11.5 Å². The van der Waals surface area contributed by atoms with Gasteiger partial charge in [0.25, 0.3) is 10.0 Å². The zero-order chi connectivity index (χ0) is 34.1. The largest absolute Gasteiger partial charge is 0.494 e. The molecule has 13 heteroatoms. The minimum atomic E-state index is -4.37. The van der Waals surface area contributed by atoms with E-state index in [4.69, 9.17) is 37.4 Å². The van der Waals surface area contributed by atoms with Crippen LogP contribution in [0.25, 0.3) is 0 Å². The van der Waals surface area contributed by atoms with Gasteiger partial charge >= 0.3 is 0 Å². The fraction of sp³-hybridized carbons (Fsp3) is 0.412. The van der Waals surface area contributed by atoms with Gasteiger partial charge in [0.2, 0.25) is 11.8 Å². The number of sulfonamides is 1. The van der Waals surface area contributed by atoms with Crippen molar-refractivity contribution in [1.82, 2.24) is 10.2 Å². The molecular weight excluding hydrogens is 665 g/mol. The number of benzene rings is 3. The molecule has 0 radical (unpaired) electrons. The van der Waals surface area contributed by atoms with Crippen LogP contribution in [-0.4, -0.2) is 64.6 Å². The Morgan fingerprint density at radius 1 is 0.936 bits per heavy atom. The van der Waals surface area contributed by atoms with Gasteiger partial charge in [-0.3, -0.25) is 13.9 Å². The molecule has 3 aromatic rings. The molecule has 0 unspecified atom stereocenters. The molecule has 47 heavy (non-hydrogen) atoms. The van der Waals surface area contributed by atoms with Gasteiger partial charge in [-0.25, -0.2) is 8.42 Å². The van der Waals surface area contributed by atoms with Crippen molar-refractivity contribution < 1.29 is 32.2 Å². The number of nitrogens with one attached hydrogen (secondary N) is 1. The summed E-state index contributed by atoms with van der Waals surface area (Å²) in [6, 6.07) is 14.6. The number of methoxy groups -OCH3 is 2. The number of carbonyl (C=O) groups is 2. The number of anilines is 1. The zero-order valence-electron chi connectivity index (χ0n) is 27.0. The Morgan fingerprint density at radius 3 is 2.17 bits per heavy atom. The summed E-state index contributed by atoms with van der Waals surface area (Å²) >= 11 is 13.0. The first-order chi connectivity index (χ1) is 22.5. The number of rotatable bonds is 14. The SMILES string of the molecule is CCOc1ccc(N(CC(=O)N(Cc2c(Cl)cccc2Cl)[C@@H](C)C(=O)NC2CCCCC2)S(=O)(=O)c2ccc(OC)c(OC)c2)cc1. The molecular formula is C34H41Cl2N3O7S. The standard InChI is InChI=1S/C34H41Cl2N3O7S/c1-5-46-26-16-14-25(15-17-26)39(47(42,43)27-18-19-31(44-3)32(20-27)45-4)22-33(40)38(21-28-29(35)12-9-13-30(28)36)23(2)34(41)37-24-10-7-6-8-11-24/h9,12-20,23-24H,5-8,10-11,21-22H2,1-4H3,(H,37,41)/t23-/m0/s1. The number of hydrogen-bond acceptors (Lipinski definition) is 7. The fourth-order valence-electron chi connectivity index (χ4n) is 5.51. The third-order valence-corrected chi connectivity index (χ3v) is 10.6. The molecule has 1 N–H and O–H groups in total. The molecule has 1 fully saturated rings.